The van der Waals surface area contributed by atoms with Crippen molar-refractivity contribution in [3.63, 3.8) is 0 Å². The predicted octanol–water partition coefficient (Wildman–Crippen LogP) is 2.07. The van der Waals surface area contributed by atoms with Gasteiger partial charge >= 0.3 is 5.76 Å². The first-order valence-electron chi connectivity index (χ1n) is 9.74. The lowest BCUT2D eigenvalue weighted by atomic mass is 10.1. The van der Waals surface area contributed by atoms with Gasteiger partial charge in [-0.3, -0.25) is 9.47 Å². The molecule has 1 aromatic heterocycles. The monoisotopic (exact) mass is 415 g/mol. The number of fused-ring (bicyclic) bond motifs is 1. The maximum absolute atomic E-state index is 13.1. The Morgan fingerprint density at radius 3 is 2.59 bits per heavy atom. The van der Waals surface area contributed by atoms with Crippen LogP contribution in [0, 0.1) is 0 Å². The van der Waals surface area contributed by atoms with Gasteiger partial charge in [0.2, 0.25) is 10.0 Å². The minimum atomic E-state index is -3.65. The maximum Gasteiger partial charge on any atom is 0.419 e. The highest BCUT2D eigenvalue weighted by molar-refractivity contribution is 7.89. The number of piperazine rings is 1. The molecule has 2 aromatic carbocycles. The largest absolute Gasteiger partial charge is 0.419 e. The van der Waals surface area contributed by atoms with Crippen LogP contribution in [0.4, 0.5) is 0 Å². The van der Waals surface area contributed by atoms with E-state index in [1.807, 2.05) is 18.2 Å². The van der Waals surface area contributed by atoms with Crippen LogP contribution in [-0.2, 0) is 23.5 Å². The first-order chi connectivity index (χ1) is 13.9. The zero-order valence-corrected chi connectivity index (χ0v) is 17.4. The van der Waals surface area contributed by atoms with Gasteiger partial charge in [-0.2, -0.15) is 4.31 Å². The van der Waals surface area contributed by atoms with Crippen molar-refractivity contribution in [1.29, 1.82) is 0 Å². The lowest BCUT2D eigenvalue weighted by molar-refractivity contribution is 0.130. The molecule has 8 heteroatoms. The number of benzene rings is 2. The lowest BCUT2D eigenvalue weighted by Gasteiger charge is -2.39. The summed E-state index contributed by atoms with van der Waals surface area (Å²) in [6.07, 6.45) is 0.946. The van der Waals surface area contributed by atoms with Gasteiger partial charge in [0.05, 0.1) is 10.4 Å². The van der Waals surface area contributed by atoms with E-state index in [4.69, 9.17) is 4.42 Å². The zero-order valence-electron chi connectivity index (χ0n) is 16.6. The molecule has 1 saturated heterocycles. The summed E-state index contributed by atoms with van der Waals surface area (Å²) in [5.74, 6) is -0.504. The van der Waals surface area contributed by atoms with Gasteiger partial charge in [0.1, 0.15) is 0 Å². The Hall–Kier alpha value is -2.42. The fourth-order valence-corrected chi connectivity index (χ4v) is 5.38. The quantitative estimate of drug-likeness (QED) is 0.638. The highest BCUT2D eigenvalue weighted by Gasteiger charge is 2.32. The van der Waals surface area contributed by atoms with E-state index >= 15 is 0 Å². The lowest BCUT2D eigenvalue weighted by Crippen LogP contribution is -2.53. The van der Waals surface area contributed by atoms with Crippen molar-refractivity contribution < 1.29 is 12.8 Å². The Morgan fingerprint density at radius 2 is 1.86 bits per heavy atom. The van der Waals surface area contributed by atoms with E-state index in [9.17, 15) is 13.2 Å². The summed E-state index contributed by atoms with van der Waals surface area (Å²) in [6, 6.07) is 15.0. The third kappa shape index (κ3) is 3.88. The van der Waals surface area contributed by atoms with Crippen molar-refractivity contribution in [2.45, 2.75) is 24.3 Å². The second-order valence-corrected chi connectivity index (χ2v) is 9.48. The van der Waals surface area contributed by atoms with Crippen LogP contribution in [0.3, 0.4) is 0 Å². The van der Waals surface area contributed by atoms with Gasteiger partial charge in [-0.15, -0.1) is 0 Å². The number of hydrogen-bond acceptors (Lipinski definition) is 5. The molecule has 0 aliphatic carbocycles. The number of nitrogens with zero attached hydrogens (tertiary/aromatic N) is 3. The smallest absolute Gasteiger partial charge is 0.408 e. The summed E-state index contributed by atoms with van der Waals surface area (Å²) in [4.78, 5) is 14.2. The normalized spacial score (nSPS) is 19.0. The molecule has 1 atom stereocenters. The highest BCUT2D eigenvalue weighted by Crippen LogP contribution is 2.23. The molecule has 0 N–H and O–H groups in total. The Labute approximate surface area is 170 Å². The maximum atomic E-state index is 13.1. The van der Waals surface area contributed by atoms with E-state index < -0.39 is 15.8 Å². The minimum Gasteiger partial charge on any atom is -0.408 e. The number of oxazole rings is 1. The standard InChI is InChI=1S/C21H25N3O4S/c1-16-15-24(13-12-23(16)11-10-17-6-4-3-5-7-17)29(26,27)18-8-9-19-20(14-18)28-21(25)22(19)2/h3-9,14,16H,10-13,15H2,1-2H3. The third-order valence-corrected chi connectivity index (χ3v) is 7.52. The highest BCUT2D eigenvalue weighted by atomic mass is 32.2. The molecule has 0 bridgehead atoms. The van der Waals surface area contributed by atoms with Crippen LogP contribution in [0.15, 0.2) is 62.6 Å². The minimum absolute atomic E-state index is 0.126. The van der Waals surface area contributed by atoms with E-state index in [0.29, 0.717) is 25.2 Å². The van der Waals surface area contributed by atoms with Crippen LogP contribution < -0.4 is 5.76 Å². The molecule has 7 nitrogen and oxygen atoms in total. The van der Waals surface area contributed by atoms with E-state index in [1.54, 1.807) is 19.2 Å². The summed E-state index contributed by atoms with van der Waals surface area (Å²) < 4.78 is 34.3. The molecule has 0 amide bonds. The van der Waals surface area contributed by atoms with Crippen molar-refractivity contribution in [3.05, 3.63) is 64.6 Å². The average molecular weight is 416 g/mol. The van der Waals surface area contributed by atoms with Crippen molar-refractivity contribution in [2.24, 2.45) is 7.05 Å². The van der Waals surface area contributed by atoms with Gasteiger partial charge < -0.3 is 4.42 Å². The molecule has 154 valence electrons. The van der Waals surface area contributed by atoms with Crippen LogP contribution in [0.5, 0.6) is 0 Å². The summed E-state index contributed by atoms with van der Waals surface area (Å²) in [6.45, 7) is 4.54. The molecule has 1 unspecified atom stereocenters. The van der Waals surface area contributed by atoms with Gasteiger partial charge in [0.25, 0.3) is 0 Å². The fourth-order valence-electron chi connectivity index (χ4n) is 3.85. The van der Waals surface area contributed by atoms with E-state index in [0.717, 1.165) is 13.0 Å². The van der Waals surface area contributed by atoms with Gasteiger partial charge in [0.15, 0.2) is 5.58 Å². The van der Waals surface area contributed by atoms with Crippen molar-refractivity contribution in [2.75, 3.05) is 26.2 Å². The van der Waals surface area contributed by atoms with Crippen molar-refractivity contribution in [1.82, 2.24) is 13.8 Å². The van der Waals surface area contributed by atoms with Crippen LogP contribution in [0.1, 0.15) is 12.5 Å². The number of sulfonamides is 1. The second-order valence-electron chi connectivity index (χ2n) is 7.54. The fraction of sp³-hybridized carbons (Fsp3) is 0.381. The molecule has 0 radical (unpaired) electrons. The Balaban J connectivity index is 1.47. The molecule has 4 rings (SSSR count). The average Bonchev–Trinajstić information content (AvgIpc) is 3.01. The van der Waals surface area contributed by atoms with Crippen molar-refractivity contribution in [3.8, 4) is 0 Å². The first kappa shape index (κ1) is 19.9. The first-order valence-corrected chi connectivity index (χ1v) is 11.2. The van der Waals surface area contributed by atoms with Gasteiger partial charge in [0, 0.05) is 45.3 Å². The molecule has 3 aromatic rings. The molecular formula is C21H25N3O4S. The summed E-state index contributed by atoms with van der Waals surface area (Å²) in [5.41, 5.74) is 2.15. The molecule has 29 heavy (non-hydrogen) atoms. The van der Waals surface area contributed by atoms with Gasteiger partial charge in [-0.05, 0) is 31.0 Å². The predicted molar refractivity (Wildman–Crippen MR) is 111 cm³/mol. The number of rotatable bonds is 5. The van der Waals surface area contributed by atoms with Gasteiger partial charge in [-0.1, -0.05) is 30.3 Å². The van der Waals surface area contributed by atoms with E-state index in [-0.39, 0.29) is 16.5 Å². The molecule has 0 saturated carbocycles. The number of aromatic nitrogens is 1. The summed E-state index contributed by atoms with van der Waals surface area (Å²) in [7, 11) is -2.05. The van der Waals surface area contributed by atoms with Gasteiger partial charge in [-0.25, -0.2) is 13.2 Å². The summed E-state index contributed by atoms with van der Waals surface area (Å²) >= 11 is 0. The Morgan fingerprint density at radius 1 is 1.10 bits per heavy atom. The molecule has 1 aliphatic rings. The SMILES string of the molecule is CC1CN(S(=O)(=O)c2ccc3c(c2)oc(=O)n3C)CCN1CCc1ccccc1. The van der Waals surface area contributed by atoms with Crippen LogP contribution >= 0.6 is 0 Å². The van der Waals surface area contributed by atoms with E-state index in [1.165, 1.54) is 20.5 Å². The molecular weight excluding hydrogens is 390 g/mol. The third-order valence-electron chi connectivity index (χ3n) is 5.66. The van der Waals surface area contributed by atoms with Crippen LogP contribution in [0.2, 0.25) is 0 Å². The van der Waals surface area contributed by atoms with Crippen LogP contribution in [0.25, 0.3) is 11.1 Å². The number of hydrogen-bond donors (Lipinski definition) is 0. The van der Waals surface area contributed by atoms with Crippen LogP contribution in [-0.4, -0.2) is 54.4 Å². The number of aryl methyl sites for hydroxylation is 1. The molecule has 1 fully saturated rings. The summed E-state index contributed by atoms with van der Waals surface area (Å²) in [5, 5.41) is 0. The topological polar surface area (TPSA) is 75.8 Å². The second kappa shape index (κ2) is 7.78. The molecule has 2 heterocycles. The Kier molecular flexibility index (Phi) is 5.33. The zero-order chi connectivity index (χ0) is 20.6. The van der Waals surface area contributed by atoms with E-state index in [2.05, 4.69) is 24.0 Å². The van der Waals surface area contributed by atoms with Crippen molar-refractivity contribution >= 4 is 21.1 Å². The molecule has 0 spiro atoms. The Bertz CT molecular complexity index is 1170. The molecule has 1 aliphatic heterocycles.